The van der Waals surface area contributed by atoms with Gasteiger partial charge in [0, 0.05) is 31.5 Å². The maximum atomic E-state index is 12.7. The summed E-state index contributed by atoms with van der Waals surface area (Å²) in [7, 11) is -3.44. The molecule has 2 unspecified atom stereocenters. The van der Waals surface area contributed by atoms with Crippen LogP contribution < -0.4 is 0 Å². The second-order valence-electron chi connectivity index (χ2n) is 5.72. The van der Waals surface area contributed by atoms with Crippen LogP contribution in [0.1, 0.15) is 32.9 Å². The largest absolute Gasteiger partial charge is 0.390 e. The Balaban J connectivity index is 2.28. The molecule has 1 aromatic rings. The predicted molar refractivity (Wildman–Crippen MR) is 77.7 cm³/mol. The summed E-state index contributed by atoms with van der Waals surface area (Å²) in [6.07, 6.45) is 2.53. The molecule has 0 amide bonds. The predicted octanol–water partition coefficient (Wildman–Crippen LogP) is 1.67. The zero-order chi connectivity index (χ0) is 14.9. The molecule has 0 bridgehead atoms. The lowest BCUT2D eigenvalue weighted by molar-refractivity contribution is 0.212. The van der Waals surface area contributed by atoms with Crippen LogP contribution in [0.15, 0.2) is 17.2 Å². The monoisotopic (exact) mass is 300 g/mol. The molecular formula is C14H24N2O3S. The fourth-order valence-electron chi connectivity index (χ4n) is 2.68. The number of hydrogen-bond acceptors (Lipinski definition) is 3. The summed E-state index contributed by atoms with van der Waals surface area (Å²) in [5, 5.41) is 9.29. The Hall–Kier alpha value is -0.850. The van der Waals surface area contributed by atoms with Crippen molar-refractivity contribution in [3.63, 3.8) is 0 Å². The van der Waals surface area contributed by atoms with Crippen LogP contribution in [0.3, 0.4) is 0 Å². The van der Waals surface area contributed by atoms with Crippen molar-refractivity contribution in [3.8, 4) is 0 Å². The maximum absolute atomic E-state index is 12.7. The van der Waals surface area contributed by atoms with Crippen LogP contribution in [0, 0.1) is 11.8 Å². The third kappa shape index (κ3) is 2.77. The minimum atomic E-state index is -3.44. The second kappa shape index (κ2) is 5.87. The van der Waals surface area contributed by atoms with E-state index in [0.29, 0.717) is 42.1 Å². The molecule has 0 aromatic carbocycles. The van der Waals surface area contributed by atoms with Gasteiger partial charge in [0.15, 0.2) is 0 Å². The quantitative estimate of drug-likeness (QED) is 0.920. The van der Waals surface area contributed by atoms with Crippen molar-refractivity contribution >= 4 is 10.0 Å². The number of nitrogens with zero attached hydrogens (tertiary/aromatic N) is 2. The summed E-state index contributed by atoms with van der Waals surface area (Å²) in [6, 6.07) is 1.58. The van der Waals surface area contributed by atoms with Gasteiger partial charge in [-0.05, 0) is 31.2 Å². The first-order chi connectivity index (χ1) is 9.40. The van der Waals surface area contributed by atoms with Gasteiger partial charge in [-0.15, -0.1) is 0 Å². The first-order valence-corrected chi connectivity index (χ1v) is 8.64. The lowest BCUT2D eigenvalue weighted by atomic mass is 9.90. The van der Waals surface area contributed by atoms with Gasteiger partial charge in [-0.25, -0.2) is 8.42 Å². The molecule has 0 saturated carbocycles. The van der Waals surface area contributed by atoms with Crippen LogP contribution in [-0.4, -0.2) is 35.5 Å². The second-order valence-corrected chi connectivity index (χ2v) is 7.66. The van der Waals surface area contributed by atoms with Gasteiger partial charge in [-0.2, -0.15) is 4.31 Å². The smallest absolute Gasteiger partial charge is 0.244 e. The van der Waals surface area contributed by atoms with E-state index in [0.717, 1.165) is 6.42 Å². The Morgan fingerprint density at radius 2 is 2.05 bits per heavy atom. The van der Waals surface area contributed by atoms with E-state index >= 15 is 0 Å². The van der Waals surface area contributed by atoms with Crippen molar-refractivity contribution in [2.75, 3.05) is 13.1 Å². The Morgan fingerprint density at radius 3 is 2.55 bits per heavy atom. The van der Waals surface area contributed by atoms with Crippen LogP contribution >= 0.6 is 0 Å². The number of rotatable bonds is 4. The van der Waals surface area contributed by atoms with Gasteiger partial charge in [0.05, 0.1) is 6.61 Å². The van der Waals surface area contributed by atoms with Gasteiger partial charge in [-0.1, -0.05) is 13.8 Å². The lowest BCUT2D eigenvalue weighted by Gasteiger charge is -2.34. The molecule has 0 aliphatic carbocycles. The van der Waals surface area contributed by atoms with Crippen LogP contribution in [0.2, 0.25) is 0 Å². The van der Waals surface area contributed by atoms with Gasteiger partial charge in [-0.3, -0.25) is 0 Å². The van der Waals surface area contributed by atoms with E-state index in [4.69, 9.17) is 0 Å². The highest BCUT2D eigenvalue weighted by Crippen LogP contribution is 2.28. The van der Waals surface area contributed by atoms with Gasteiger partial charge < -0.3 is 9.67 Å². The third-order valence-corrected chi connectivity index (χ3v) is 6.23. The zero-order valence-electron chi connectivity index (χ0n) is 12.4. The molecule has 0 radical (unpaired) electrons. The molecule has 2 atom stereocenters. The maximum Gasteiger partial charge on any atom is 0.244 e. The van der Waals surface area contributed by atoms with Gasteiger partial charge in [0.1, 0.15) is 4.90 Å². The van der Waals surface area contributed by atoms with E-state index < -0.39 is 10.0 Å². The van der Waals surface area contributed by atoms with Gasteiger partial charge in [0.25, 0.3) is 0 Å². The minimum Gasteiger partial charge on any atom is -0.390 e. The number of aliphatic hydroxyl groups is 1. The van der Waals surface area contributed by atoms with E-state index in [1.807, 2.05) is 6.92 Å². The molecule has 1 aliphatic heterocycles. The highest BCUT2D eigenvalue weighted by Gasteiger charge is 2.32. The molecule has 2 heterocycles. The molecule has 5 nitrogen and oxygen atoms in total. The van der Waals surface area contributed by atoms with E-state index in [1.165, 1.54) is 0 Å². The molecule has 1 saturated heterocycles. The number of sulfonamides is 1. The molecule has 20 heavy (non-hydrogen) atoms. The number of hydrogen-bond donors (Lipinski definition) is 1. The van der Waals surface area contributed by atoms with E-state index in [-0.39, 0.29) is 6.61 Å². The highest BCUT2D eigenvalue weighted by molar-refractivity contribution is 7.89. The number of aryl methyl sites for hydroxylation is 1. The van der Waals surface area contributed by atoms with Crippen molar-refractivity contribution in [1.82, 2.24) is 8.87 Å². The normalized spacial score (nSPS) is 25.0. The molecule has 1 N–H and O–H groups in total. The lowest BCUT2D eigenvalue weighted by Crippen LogP contribution is -2.42. The molecule has 114 valence electrons. The molecule has 6 heteroatoms. The molecular weight excluding hydrogens is 276 g/mol. The standard InChI is InChI=1S/C14H24N2O3S/c1-4-15-9-14(7-13(15)10-17)20(18,19)16-6-5-11(2)12(3)8-16/h7,9,11-12,17H,4-6,8,10H2,1-3H3. The Kier molecular flexibility index (Phi) is 4.56. The molecule has 1 aliphatic rings. The van der Waals surface area contributed by atoms with E-state index in [9.17, 15) is 13.5 Å². The summed E-state index contributed by atoms with van der Waals surface area (Å²) in [5.41, 5.74) is 0.643. The van der Waals surface area contributed by atoms with Gasteiger partial charge in [0.2, 0.25) is 10.0 Å². The van der Waals surface area contributed by atoms with Crippen molar-refractivity contribution in [2.24, 2.45) is 11.8 Å². The number of aliphatic hydroxyl groups excluding tert-OH is 1. The molecule has 1 fully saturated rings. The van der Waals surface area contributed by atoms with Crippen molar-refractivity contribution in [3.05, 3.63) is 18.0 Å². The first kappa shape index (κ1) is 15.5. The summed E-state index contributed by atoms with van der Waals surface area (Å²) >= 11 is 0. The summed E-state index contributed by atoms with van der Waals surface area (Å²) < 4.78 is 28.7. The Labute approximate surface area is 121 Å². The van der Waals surface area contributed by atoms with Crippen molar-refractivity contribution in [1.29, 1.82) is 0 Å². The zero-order valence-corrected chi connectivity index (χ0v) is 13.2. The third-order valence-electron chi connectivity index (χ3n) is 4.40. The SMILES string of the molecule is CCn1cc(S(=O)(=O)N2CCC(C)C(C)C2)cc1CO. The van der Waals surface area contributed by atoms with Crippen LogP contribution in [0.5, 0.6) is 0 Å². The van der Waals surface area contributed by atoms with Gasteiger partial charge >= 0.3 is 0 Å². The average molecular weight is 300 g/mol. The van der Waals surface area contributed by atoms with E-state index in [1.54, 1.807) is 21.1 Å². The van der Waals surface area contributed by atoms with E-state index in [2.05, 4.69) is 13.8 Å². The Bertz CT molecular complexity index is 543. The van der Waals surface area contributed by atoms with Crippen LogP contribution in [0.4, 0.5) is 0 Å². The van der Waals surface area contributed by atoms with Crippen LogP contribution in [0.25, 0.3) is 0 Å². The summed E-state index contributed by atoms with van der Waals surface area (Å²) in [6.45, 7) is 7.87. The van der Waals surface area contributed by atoms with Crippen LogP contribution in [-0.2, 0) is 23.2 Å². The average Bonchev–Trinajstić information content (AvgIpc) is 2.85. The number of piperidine rings is 1. The topological polar surface area (TPSA) is 62.5 Å². The Morgan fingerprint density at radius 1 is 1.35 bits per heavy atom. The summed E-state index contributed by atoms with van der Waals surface area (Å²) in [4.78, 5) is 0.296. The van der Waals surface area contributed by atoms with Crippen molar-refractivity contribution in [2.45, 2.75) is 45.2 Å². The van der Waals surface area contributed by atoms with Crippen molar-refractivity contribution < 1.29 is 13.5 Å². The molecule has 1 aromatic heterocycles. The minimum absolute atomic E-state index is 0.142. The molecule has 2 rings (SSSR count). The fraction of sp³-hybridized carbons (Fsp3) is 0.714. The fourth-order valence-corrected chi connectivity index (χ4v) is 4.31. The first-order valence-electron chi connectivity index (χ1n) is 7.20. The number of aromatic nitrogens is 1. The molecule has 0 spiro atoms. The summed E-state index contributed by atoms with van der Waals surface area (Å²) in [5.74, 6) is 0.943. The highest BCUT2D eigenvalue weighted by atomic mass is 32.2.